The van der Waals surface area contributed by atoms with Crippen LogP contribution in [0, 0.1) is 11.3 Å². The Bertz CT molecular complexity index is 619. The Morgan fingerprint density at radius 2 is 1.90 bits per heavy atom. The smallest absolute Gasteiger partial charge is 0.174 e. The largest absolute Gasteiger partial charge is 0.479 e. The molecule has 0 bridgehead atoms. The summed E-state index contributed by atoms with van der Waals surface area (Å²) in [6, 6.07) is 18.2. The molecule has 4 heteroatoms. The Morgan fingerprint density at radius 3 is 2.57 bits per heavy atom. The normalized spacial score (nSPS) is 11.7. The molecule has 21 heavy (non-hydrogen) atoms. The van der Waals surface area contributed by atoms with Gasteiger partial charge in [0, 0.05) is 17.1 Å². The van der Waals surface area contributed by atoms with Crippen LogP contribution in [0.3, 0.4) is 0 Å². The summed E-state index contributed by atoms with van der Waals surface area (Å²) in [6.45, 7) is 3.00. The van der Waals surface area contributed by atoms with Gasteiger partial charge in [0.15, 0.2) is 6.61 Å². The molecule has 108 valence electrons. The summed E-state index contributed by atoms with van der Waals surface area (Å²) in [5, 5.41) is 12.0. The monoisotopic (exact) mass is 344 g/mol. The van der Waals surface area contributed by atoms with Crippen LogP contribution in [0.1, 0.15) is 24.1 Å². The molecular weight excluding hydrogens is 328 g/mol. The third-order valence-corrected chi connectivity index (χ3v) is 3.93. The van der Waals surface area contributed by atoms with Gasteiger partial charge in [0.2, 0.25) is 0 Å². The number of hydrogen-bond donors (Lipinski definition) is 1. The minimum absolute atomic E-state index is 0.0800. The van der Waals surface area contributed by atoms with E-state index in [1.54, 1.807) is 0 Å². The van der Waals surface area contributed by atoms with E-state index in [0.717, 1.165) is 16.8 Å². The summed E-state index contributed by atoms with van der Waals surface area (Å²) in [5.41, 5.74) is 2.42. The van der Waals surface area contributed by atoms with Crippen molar-refractivity contribution in [2.45, 2.75) is 19.5 Å². The van der Waals surface area contributed by atoms with Crippen LogP contribution in [0.5, 0.6) is 5.75 Å². The summed E-state index contributed by atoms with van der Waals surface area (Å²) in [7, 11) is 0. The number of nitrogens with zero attached hydrogens (tertiary/aromatic N) is 1. The lowest BCUT2D eigenvalue weighted by Gasteiger charge is -2.16. The van der Waals surface area contributed by atoms with Crippen molar-refractivity contribution in [3.63, 3.8) is 0 Å². The number of halogens is 1. The summed E-state index contributed by atoms with van der Waals surface area (Å²) in [6.07, 6.45) is 0. The van der Waals surface area contributed by atoms with E-state index in [9.17, 15) is 0 Å². The molecule has 3 nitrogen and oxygen atoms in total. The Morgan fingerprint density at radius 1 is 1.19 bits per heavy atom. The molecule has 0 saturated heterocycles. The second kappa shape index (κ2) is 7.82. The van der Waals surface area contributed by atoms with Gasteiger partial charge in [-0.3, -0.25) is 0 Å². The molecule has 0 unspecified atom stereocenters. The van der Waals surface area contributed by atoms with Gasteiger partial charge in [0.25, 0.3) is 0 Å². The molecule has 0 radical (unpaired) electrons. The van der Waals surface area contributed by atoms with Gasteiger partial charge in [-0.05, 0) is 36.2 Å². The highest BCUT2D eigenvalue weighted by Crippen LogP contribution is 2.23. The van der Waals surface area contributed by atoms with Crippen molar-refractivity contribution in [1.29, 1.82) is 5.26 Å². The van der Waals surface area contributed by atoms with Gasteiger partial charge in [-0.15, -0.1) is 0 Å². The second-order valence-electron chi connectivity index (χ2n) is 4.71. The standard InChI is InChI=1S/C17H17BrN2O/c1-13(16-4-2-3-5-17(16)18)20-12-14-6-8-15(9-7-14)21-11-10-19/h2-9,13,20H,11-12H2,1H3/t13-/m0/s1. The first kappa shape index (κ1) is 15.6. The van der Waals surface area contributed by atoms with E-state index in [1.165, 1.54) is 11.1 Å². The van der Waals surface area contributed by atoms with Crippen LogP contribution in [-0.4, -0.2) is 6.61 Å². The zero-order chi connectivity index (χ0) is 15.1. The van der Waals surface area contributed by atoms with Crippen LogP contribution in [0.15, 0.2) is 53.0 Å². The summed E-state index contributed by atoms with van der Waals surface area (Å²) in [4.78, 5) is 0. The third-order valence-electron chi connectivity index (χ3n) is 3.21. The molecule has 0 saturated carbocycles. The molecule has 0 aromatic heterocycles. The van der Waals surface area contributed by atoms with Crippen LogP contribution in [-0.2, 0) is 6.54 Å². The Balaban J connectivity index is 1.91. The zero-order valence-electron chi connectivity index (χ0n) is 11.8. The number of rotatable bonds is 6. The maximum atomic E-state index is 8.47. The summed E-state index contributed by atoms with van der Waals surface area (Å²) >= 11 is 3.57. The number of nitrogens with one attached hydrogen (secondary N) is 1. The Kier molecular flexibility index (Phi) is 5.79. The van der Waals surface area contributed by atoms with Crippen LogP contribution in [0.4, 0.5) is 0 Å². The van der Waals surface area contributed by atoms with Crippen LogP contribution >= 0.6 is 15.9 Å². The molecule has 0 heterocycles. The molecule has 2 aromatic rings. The molecule has 0 fully saturated rings. The lowest BCUT2D eigenvalue weighted by Crippen LogP contribution is -2.18. The lowest BCUT2D eigenvalue weighted by molar-refractivity contribution is 0.368. The minimum atomic E-state index is 0.0800. The fraction of sp³-hybridized carbons (Fsp3) is 0.235. The van der Waals surface area contributed by atoms with Crippen molar-refractivity contribution in [1.82, 2.24) is 5.32 Å². The molecule has 2 rings (SSSR count). The van der Waals surface area contributed by atoms with Gasteiger partial charge in [-0.2, -0.15) is 5.26 Å². The highest BCUT2D eigenvalue weighted by atomic mass is 79.9. The quantitative estimate of drug-likeness (QED) is 0.853. The Hall–Kier alpha value is -1.83. The van der Waals surface area contributed by atoms with Crippen molar-refractivity contribution in [2.24, 2.45) is 0 Å². The fourth-order valence-corrected chi connectivity index (χ4v) is 2.65. The molecule has 0 aliphatic rings. The minimum Gasteiger partial charge on any atom is -0.479 e. The highest BCUT2D eigenvalue weighted by Gasteiger charge is 2.07. The SMILES string of the molecule is C[C@H](NCc1ccc(OCC#N)cc1)c1ccccc1Br. The Labute approximate surface area is 133 Å². The molecule has 1 atom stereocenters. The average Bonchev–Trinajstić information content (AvgIpc) is 2.52. The molecule has 0 aliphatic heterocycles. The number of hydrogen-bond acceptors (Lipinski definition) is 3. The van der Waals surface area contributed by atoms with E-state index in [4.69, 9.17) is 10.00 Å². The van der Waals surface area contributed by atoms with Gasteiger partial charge >= 0.3 is 0 Å². The van der Waals surface area contributed by atoms with Crippen LogP contribution < -0.4 is 10.1 Å². The van der Waals surface area contributed by atoms with Crippen molar-refractivity contribution >= 4 is 15.9 Å². The summed E-state index contributed by atoms with van der Waals surface area (Å²) in [5.74, 6) is 0.721. The first-order valence-corrected chi connectivity index (χ1v) is 7.56. The van der Waals surface area contributed by atoms with Gasteiger partial charge < -0.3 is 10.1 Å². The lowest BCUT2D eigenvalue weighted by atomic mass is 10.1. The van der Waals surface area contributed by atoms with E-state index >= 15 is 0 Å². The van der Waals surface area contributed by atoms with Gasteiger partial charge in [-0.1, -0.05) is 46.3 Å². The van der Waals surface area contributed by atoms with E-state index in [0.29, 0.717) is 0 Å². The average molecular weight is 345 g/mol. The predicted molar refractivity (Wildman–Crippen MR) is 86.9 cm³/mol. The number of ether oxygens (including phenoxy) is 1. The van der Waals surface area contributed by atoms with E-state index in [2.05, 4.69) is 40.3 Å². The third kappa shape index (κ3) is 4.59. The first-order valence-electron chi connectivity index (χ1n) is 6.77. The maximum absolute atomic E-state index is 8.47. The summed E-state index contributed by atoms with van der Waals surface area (Å²) < 4.78 is 6.35. The van der Waals surface area contributed by atoms with Gasteiger partial charge in [0.05, 0.1) is 0 Å². The van der Waals surface area contributed by atoms with Gasteiger partial charge in [-0.25, -0.2) is 0 Å². The number of nitriles is 1. The van der Waals surface area contributed by atoms with Crippen molar-refractivity contribution in [3.05, 3.63) is 64.1 Å². The maximum Gasteiger partial charge on any atom is 0.174 e. The molecule has 1 N–H and O–H groups in total. The zero-order valence-corrected chi connectivity index (χ0v) is 13.4. The van der Waals surface area contributed by atoms with E-state index in [-0.39, 0.29) is 12.6 Å². The van der Waals surface area contributed by atoms with Crippen LogP contribution in [0.25, 0.3) is 0 Å². The molecule has 0 spiro atoms. The van der Waals surface area contributed by atoms with Crippen molar-refractivity contribution in [3.8, 4) is 11.8 Å². The van der Waals surface area contributed by atoms with Crippen LogP contribution in [0.2, 0.25) is 0 Å². The van der Waals surface area contributed by atoms with Gasteiger partial charge in [0.1, 0.15) is 11.8 Å². The number of benzene rings is 2. The molecule has 0 amide bonds. The van der Waals surface area contributed by atoms with E-state index < -0.39 is 0 Å². The first-order chi connectivity index (χ1) is 10.2. The molecule has 2 aromatic carbocycles. The van der Waals surface area contributed by atoms with E-state index in [1.807, 2.05) is 42.5 Å². The molecule has 0 aliphatic carbocycles. The topological polar surface area (TPSA) is 45.0 Å². The molecular formula is C17H17BrN2O. The predicted octanol–water partition coefficient (Wildman–Crippen LogP) is 4.20. The van der Waals surface area contributed by atoms with Crippen molar-refractivity contribution in [2.75, 3.05) is 6.61 Å². The fourth-order valence-electron chi connectivity index (χ4n) is 2.03. The van der Waals surface area contributed by atoms with Crippen molar-refractivity contribution < 1.29 is 4.74 Å². The second-order valence-corrected chi connectivity index (χ2v) is 5.57. The highest BCUT2D eigenvalue weighted by molar-refractivity contribution is 9.10.